The number of para-hydroxylation sites is 1. The molecule has 0 bridgehead atoms. The molecule has 1 aliphatic rings. The number of benzene rings is 2. The molecular weight excluding hydrogens is 469 g/mol. The Hall–Kier alpha value is -3.18. The highest BCUT2D eigenvalue weighted by molar-refractivity contribution is 7.89. The average molecular weight is 493 g/mol. The van der Waals surface area contributed by atoms with Gasteiger partial charge in [-0.05, 0) is 49.1 Å². The quantitative estimate of drug-likeness (QED) is 0.566. The predicted octanol–water partition coefficient (Wildman–Crippen LogP) is 3.91. The van der Waals surface area contributed by atoms with E-state index in [0.717, 1.165) is 23.7 Å². The molecule has 2 heterocycles. The van der Waals surface area contributed by atoms with Crippen LogP contribution in [0.5, 0.6) is 0 Å². The molecule has 2 aromatic carbocycles. The maximum absolute atomic E-state index is 13.9. The molecule has 7 nitrogen and oxygen atoms in total. The van der Waals surface area contributed by atoms with Crippen LogP contribution in [0.15, 0.2) is 59.6 Å². The fourth-order valence-corrected chi connectivity index (χ4v) is 5.42. The highest BCUT2D eigenvalue weighted by Crippen LogP contribution is 2.34. The summed E-state index contributed by atoms with van der Waals surface area (Å²) in [5, 5.41) is 6.30. The van der Waals surface area contributed by atoms with Gasteiger partial charge in [0.1, 0.15) is 0 Å². The second-order valence-electron chi connectivity index (χ2n) is 8.04. The van der Waals surface area contributed by atoms with Gasteiger partial charge in [-0.1, -0.05) is 30.3 Å². The van der Waals surface area contributed by atoms with Crippen molar-refractivity contribution in [2.75, 3.05) is 13.1 Å². The smallest absolute Gasteiger partial charge is 0.348 e. The van der Waals surface area contributed by atoms with Crippen LogP contribution in [0, 0.1) is 6.92 Å². The lowest BCUT2D eigenvalue weighted by Gasteiger charge is -2.16. The summed E-state index contributed by atoms with van der Waals surface area (Å²) >= 11 is 0. The Labute approximate surface area is 195 Å². The maximum atomic E-state index is 13.9. The molecular formula is C23H23F3N4O3S. The van der Waals surface area contributed by atoms with Crippen molar-refractivity contribution < 1.29 is 26.4 Å². The molecule has 1 aromatic heterocycles. The lowest BCUT2D eigenvalue weighted by atomic mass is 10.1. The van der Waals surface area contributed by atoms with Crippen LogP contribution in [0.3, 0.4) is 0 Å². The number of alkyl halides is 3. The number of sulfonamides is 1. The van der Waals surface area contributed by atoms with Gasteiger partial charge in [-0.15, -0.1) is 0 Å². The summed E-state index contributed by atoms with van der Waals surface area (Å²) in [5.41, 5.74) is -0.403. The van der Waals surface area contributed by atoms with Gasteiger partial charge >= 0.3 is 6.18 Å². The molecule has 11 heteroatoms. The van der Waals surface area contributed by atoms with Gasteiger partial charge in [0.25, 0.3) is 5.91 Å². The van der Waals surface area contributed by atoms with Gasteiger partial charge in [0, 0.05) is 19.6 Å². The molecule has 1 aliphatic heterocycles. The summed E-state index contributed by atoms with van der Waals surface area (Å²) in [6.45, 7) is 2.55. The summed E-state index contributed by atoms with van der Waals surface area (Å²) in [6.07, 6.45) is -2.26. The zero-order valence-electron chi connectivity index (χ0n) is 18.3. The van der Waals surface area contributed by atoms with Crippen molar-refractivity contribution in [3.63, 3.8) is 0 Å². The Balaban J connectivity index is 1.52. The average Bonchev–Trinajstić information content (AvgIpc) is 3.49. The van der Waals surface area contributed by atoms with E-state index in [1.807, 2.05) is 0 Å². The standard InChI is InChI=1S/C23H23F3N4O3S/c1-16-6-2-3-7-20(16)30-21(23(24,25)26)19(15-28-30)22(31)27-14-17-8-10-18(11-9-17)34(32,33)29-12-4-5-13-29/h2-3,6-11,15H,4-5,12-14H2,1H3,(H,27,31). The van der Waals surface area contributed by atoms with Crippen LogP contribution in [-0.4, -0.2) is 41.5 Å². The van der Waals surface area contributed by atoms with Crippen LogP contribution in [0.4, 0.5) is 13.2 Å². The first-order chi connectivity index (χ1) is 16.1. The normalized spacial score (nSPS) is 14.9. The van der Waals surface area contributed by atoms with Crippen LogP contribution >= 0.6 is 0 Å². The number of carbonyl (C=O) groups is 1. The molecule has 0 aliphatic carbocycles. The number of halogens is 3. The second kappa shape index (κ2) is 9.22. The van der Waals surface area contributed by atoms with Gasteiger partial charge in [-0.2, -0.15) is 22.6 Å². The first-order valence-electron chi connectivity index (χ1n) is 10.7. The Morgan fingerprint density at radius 3 is 2.32 bits per heavy atom. The number of hydrogen-bond acceptors (Lipinski definition) is 4. The summed E-state index contributed by atoms with van der Waals surface area (Å²) in [5.74, 6) is -0.930. The van der Waals surface area contributed by atoms with E-state index < -0.39 is 33.4 Å². The SMILES string of the molecule is Cc1ccccc1-n1ncc(C(=O)NCc2ccc(S(=O)(=O)N3CCCC3)cc2)c1C(F)(F)F. The van der Waals surface area contributed by atoms with Crippen molar-refractivity contribution in [1.29, 1.82) is 0 Å². The zero-order valence-corrected chi connectivity index (χ0v) is 19.2. The molecule has 1 amide bonds. The zero-order chi connectivity index (χ0) is 24.5. The first-order valence-corrected chi connectivity index (χ1v) is 12.1. The van der Waals surface area contributed by atoms with Gasteiger partial charge in [-0.3, -0.25) is 4.79 Å². The number of aryl methyl sites for hydroxylation is 1. The van der Waals surface area contributed by atoms with Crippen LogP contribution in [0.1, 0.15) is 40.0 Å². The molecule has 4 rings (SSSR count). The van der Waals surface area contributed by atoms with Gasteiger partial charge in [0.05, 0.1) is 22.3 Å². The Kier molecular flexibility index (Phi) is 6.50. The van der Waals surface area contributed by atoms with Crippen LogP contribution < -0.4 is 5.32 Å². The number of rotatable bonds is 6. The van der Waals surface area contributed by atoms with Crippen molar-refractivity contribution >= 4 is 15.9 Å². The number of hydrogen-bond donors (Lipinski definition) is 1. The van der Waals surface area contributed by atoms with Crippen molar-refractivity contribution in [2.24, 2.45) is 0 Å². The molecule has 0 radical (unpaired) electrons. The van der Waals surface area contributed by atoms with Crippen molar-refractivity contribution in [2.45, 2.75) is 37.4 Å². The van der Waals surface area contributed by atoms with Crippen molar-refractivity contribution in [3.8, 4) is 5.69 Å². The van der Waals surface area contributed by atoms with E-state index in [9.17, 15) is 26.4 Å². The fraction of sp³-hybridized carbons (Fsp3) is 0.304. The van der Waals surface area contributed by atoms with Crippen molar-refractivity contribution in [3.05, 3.63) is 77.1 Å². The van der Waals surface area contributed by atoms with Crippen molar-refractivity contribution in [1.82, 2.24) is 19.4 Å². The van der Waals surface area contributed by atoms with Gasteiger partial charge in [-0.25, -0.2) is 13.1 Å². The molecule has 3 aromatic rings. The molecule has 0 saturated carbocycles. The highest BCUT2D eigenvalue weighted by Gasteiger charge is 2.40. The molecule has 0 spiro atoms. The Bertz CT molecular complexity index is 1300. The number of amides is 1. The Morgan fingerprint density at radius 1 is 1.06 bits per heavy atom. The second-order valence-corrected chi connectivity index (χ2v) is 9.98. The Morgan fingerprint density at radius 2 is 1.71 bits per heavy atom. The molecule has 1 saturated heterocycles. The van der Waals surface area contributed by atoms with Crippen LogP contribution in [-0.2, 0) is 22.7 Å². The minimum atomic E-state index is -4.81. The molecule has 1 fully saturated rings. The van der Waals surface area contributed by atoms with E-state index in [1.54, 1.807) is 25.1 Å². The third-order valence-electron chi connectivity index (χ3n) is 5.71. The molecule has 0 atom stereocenters. The van der Waals surface area contributed by atoms with E-state index in [-0.39, 0.29) is 17.1 Å². The largest absolute Gasteiger partial charge is 0.434 e. The summed E-state index contributed by atoms with van der Waals surface area (Å²) in [6, 6.07) is 12.4. The third kappa shape index (κ3) is 4.71. The van der Waals surface area contributed by atoms with E-state index in [0.29, 0.717) is 24.2 Å². The summed E-state index contributed by atoms with van der Waals surface area (Å²) < 4.78 is 69.0. The van der Waals surface area contributed by atoms with E-state index in [1.165, 1.54) is 34.6 Å². The number of carbonyl (C=O) groups excluding carboxylic acids is 1. The van der Waals surface area contributed by atoms with Gasteiger partial charge in [0.15, 0.2) is 5.69 Å². The molecule has 180 valence electrons. The number of nitrogens with zero attached hydrogens (tertiary/aromatic N) is 3. The summed E-state index contributed by atoms with van der Waals surface area (Å²) in [7, 11) is -3.57. The highest BCUT2D eigenvalue weighted by atomic mass is 32.2. The van der Waals surface area contributed by atoms with Crippen LogP contribution in [0.25, 0.3) is 5.69 Å². The summed E-state index contributed by atoms with van der Waals surface area (Å²) in [4.78, 5) is 12.8. The number of aromatic nitrogens is 2. The van der Waals surface area contributed by atoms with E-state index >= 15 is 0 Å². The van der Waals surface area contributed by atoms with Crippen LogP contribution in [0.2, 0.25) is 0 Å². The maximum Gasteiger partial charge on any atom is 0.434 e. The fourth-order valence-electron chi connectivity index (χ4n) is 3.91. The van der Waals surface area contributed by atoms with Gasteiger partial charge in [0.2, 0.25) is 10.0 Å². The topological polar surface area (TPSA) is 84.3 Å². The first kappa shape index (κ1) is 24.0. The number of nitrogens with one attached hydrogen (secondary N) is 1. The molecule has 1 N–H and O–H groups in total. The lowest BCUT2D eigenvalue weighted by Crippen LogP contribution is -2.28. The molecule has 34 heavy (non-hydrogen) atoms. The monoisotopic (exact) mass is 492 g/mol. The minimum absolute atomic E-state index is 0.0737. The van der Waals surface area contributed by atoms with E-state index in [4.69, 9.17) is 0 Å². The third-order valence-corrected chi connectivity index (χ3v) is 7.62. The predicted molar refractivity (Wildman–Crippen MR) is 119 cm³/mol. The lowest BCUT2D eigenvalue weighted by molar-refractivity contribution is -0.143. The van der Waals surface area contributed by atoms with E-state index in [2.05, 4.69) is 10.4 Å². The van der Waals surface area contributed by atoms with Gasteiger partial charge < -0.3 is 5.32 Å². The minimum Gasteiger partial charge on any atom is -0.348 e. The molecule has 0 unspecified atom stereocenters.